The number of nitroso groups, excluding NO2 is 1. The Morgan fingerprint density at radius 3 is 2.95 bits per heavy atom. The third-order valence-corrected chi connectivity index (χ3v) is 3.55. The largest absolute Gasteiger partial charge is 0.484 e. The van der Waals surface area contributed by atoms with E-state index in [2.05, 4.69) is 10.4 Å². The molecule has 0 aromatic heterocycles. The highest BCUT2D eigenvalue weighted by atomic mass is 35.5. The molecule has 1 unspecified atom stereocenters. The summed E-state index contributed by atoms with van der Waals surface area (Å²) in [6, 6.07) is 0. The fourth-order valence-electron chi connectivity index (χ4n) is 2.20. The van der Waals surface area contributed by atoms with Crippen molar-refractivity contribution >= 4 is 16.8 Å². The average molecular weight is 311 g/mol. The summed E-state index contributed by atoms with van der Waals surface area (Å²) in [4.78, 5) is 9.99. The maximum atomic E-state index is 13.7. The summed E-state index contributed by atoms with van der Waals surface area (Å²) in [5.41, 5.74) is 0.347. The third kappa shape index (κ3) is 4.36. The van der Waals surface area contributed by atoms with Crippen LogP contribution in [0.3, 0.4) is 0 Å². The van der Waals surface area contributed by atoms with Gasteiger partial charge in [-0.05, 0) is 31.1 Å². The predicted octanol–water partition coefficient (Wildman–Crippen LogP) is 4.89. The molecule has 2 aliphatic rings. The summed E-state index contributed by atoms with van der Waals surface area (Å²) in [6.07, 6.45) is 11.2. The fourth-order valence-corrected chi connectivity index (χ4v) is 2.39. The van der Waals surface area contributed by atoms with Gasteiger partial charge in [-0.25, -0.2) is 4.39 Å². The summed E-state index contributed by atoms with van der Waals surface area (Å²) in [6.45, 7) is 1.90. The number of rotatable bonds is 5. The van der Waals surface area contributed by atoms with E-state index in [0.717, 1.165) is 12.0 Å². The van der Waals surface area contributed by atoms with E-state index < -0.39 is 5.60 Å². The lowest BCUT2D eigenvalue weighted by Crippen LogP contribution is -2.27. The van der Waals surface area contributed by atoms with Gasteiger partial charge in [0.15, 0.2) is 5.83 Å². The Morgan fingerprint density at radius 1 is 1.52 bits per heavy atom. The highest BCUT2D eigenvalue weighted by molar-refractivity contribution is 6.65. The van der Waals surface area contributed by atoms with Crippen LogP contribution in [0, 0.1) is 4.91 Å². The molecule has 4 nitrogen and oxygen atoms in total. The second-order valence-corrected chi connectivity index (χ2v) is 5.61. The predicted molar refractivity (Wildman–Crippen MR) is 81.5 cm³/mol. The molecule has 2 rings (SSSR count). The molecule has 0 aromatic rings. The van der Waals surface area contributed by atoms with Crippen LogP contribution in [0.4, 0.5) is 4.39 Å². The molecule has 0 aliphatic heterocycles. The van der Waals surface area contributed by atoms with Crippen molar-refractivity contribution in [1.29, 1.82) is 0 Å². The normalized spacial score (nSPS) is 25.9. The number of ether oxygens (including phenoxy) is 1. The van der Waals surface area contributed by atoms with Crippen LogP contribution in [0.15, 0.2) is 57.9 Å². The van der Waals surface area contributed by atoms with Crippen molar-refractivity contribution in [3.8, 4) is 0 Å². The molecule has 0 radical (unpaired) electrons. The molecule has 0 N–H and O–H groups in total. The molecule has 0 amide bonds. The fraction of sp³-hybridized carbons (Fsp3) is 0.400. The number of allylic oxidation sites excluding steroid dienone is 6. The van der Waals surface area contributed by atoms with E-state index >= 15 is 0 Å². The SMILES string of the molecule is CC1(OC2=C(F)C=CCC2)C=CC(C/C(Cl)=N/N=O)=CC1. The van der Waals surface area contributed by atoms with Gasteiger partial charge in [-0.1, -0.05) is 29.8 Å². The van der Waals surface area contributed by atoms with Crippen molar-refractivity contribution in [3.05, 3.63) is 52.4 Å². The number of halogens is 2. The van der Waals surface area contributed by atoms with Gasteiger partial charge in [0.05, 0.1) is 5.29 Å². The molecule has 0 spiro atoms. The third-order valence-electron chi connectivity index (χ3n) is 3.34. The lowest BCUT2D eigenvalue weighted by atomic mass is 9.92. The van der Waals surface area contributed by atoms with Gasteiger partial charge in [0.2, 0.25) is 0 Å². The van der Waals surface area contributed by atoms with E-state index in [-0.39, 0.29) is 11.0 Å². The van der Waals surface area contributed by atoms with Crippen molar-refractivity contribution in [2.45, 2.75) is 38.2 Å². The molecule has 0 saturated carbocycles. The summed E-state index contributed by atoms with van der Waals surface area (Å²) >= 11 is 5.75. The molecule has 0 saturated heterocycles. The van der Waals surface area contributed by atoms with Gasteiger partial charge < -0.3 is 4.74 Å². The standard InChI is InChI=1S/C15H16ClFN2O2/c1-15(21-13-5-3-2-4-12(13)17)8-6-11(7-9-15)10-14(16)18-19-20/h2,4,6-8H,3,5,9-10H2,1H3/b18-14-. The minimum Gasteiger partial charge on any atom is -0.484 e. The van der Waals surface area contributed by atoms with Gasteiger partial charge in [0, 0.05) is 19.3 Å². The van der Waals surface area contributed by atoms with Gasteiger partial charge in [0.25, 0.3) is 0 Å². The number of hydrogen-bond donors (Lipinski definition) is 0. The van der Waals surface area contributed by atoms with Crippen LogP contribution in [0.25, 0.3) is 0 Å². The minimum absolute atomic E-state index is 0.136. The van der Waals surface area contributed by atoms with Gasteiger partial charge in [0.1, 0.15) is 16.5 Å². The Labute approximate surface area is 127 Å². The zero-order valence-corrected chi connectivity index (χ0v) is 12.4. The first-order valence-electron chi connectivity index (χ1n) is 6.69. The quantitative estimate of drug-likeness (QED) is 0.412. The first kappa shape index (κ1) is 15.6. The molecule has 0 aromatic carbocycles. The van der Waals surface area contributed by atoms with Crippen molar-refractivity contribution < 1.29 is 9.13 Å². The summed E-state index contributed by atoms with van der Waals surface area (Å²) in [5.74, 6) is 0.0872. The van der Waals surface area contributed by atoms with E-state index in [1.165, 1.54) is 6.08 Å². The first-order valence-corrected chi connectivity index (χ1v) is 7.07. The van der Waals surface area contributed by atoms with E-state index in [1.807, 2.05) is 25.2 Å². The molecule has 6 heteroatoms. The zero-order valence-electron chi connectivity index (χ0n) is 11.7. The van der Waals surface area contributed by atoms with Gasteiger partial charge in [-0.3, -0.25) is 0 Å². The highest BCUT2D eigenvalue weighted by Crippen LogP contribution is 2.32. The summed E-state index contributed by atoms with van der Waals surface area (Å²) in [7, 11) is 0. The summed E-state index contributed by atoms with van der Waals surface area (Å²) in [5, 5.41) is 5.77. The van der Waals surface area contributed by atoms with E-state index in [1.54, 1.807) is 6.08 Å². The molecule has 0 fully saturated rings. The molecule has 1 atom stereocenters. The van der Waals surface area contributed by atoms with E-state index in [9.17, 15) is 9.30 Å². The van der Waals surface area contributed by atoms with Crippen LogP contribution < -0.4 is 0 Å². The minimum atomic E-state index is -0.576. The molecule has 2 aliphatic carbocycles. The topological polar surface area (TPSA) is 51.0 Å². The van der Waals surface area contributed by atoms with Crippen molar-refractivity contribution in [2.75, 3.05) is 0 Å². The van der Waals surface area contributed by atoms with Crippen molar-refractivity contribution in [1.82, 2.24) is 0 Å². The number of hydrogen-bond acceptors (Lipinski definition) is 3. The lowest BCUT2D eigenvalue weighted by molar-refractivity contribution is 0.0520. The smallest absolute Gasteiger partial charge is 0.160 e. The maximum absolute atomic E-state index is 13.7. The lowest BCUT2D eigenvalue weighted by Gasteiger charge is -2.31. The van der Waals surface area contributed by atoms with E-state index in [0.29, 0.717) is 25.0 Å². The molecule has 112 valence electrons. The Bertz CT molecular complexity index is 578. The van der Waals surface area contributed by atoms with Crippen LogP contribution in [0.2, 0.25) is 0 Å². The Balaban J connectivity index is 2.00. The molecular weight excluding hydrogens is 295 g/mol. The molecule has 0 heterocycles. The Hall–Kier alpha value is -1.75. The second kappa shape index (κ2) is 6.80. The van der Waals surface area contributed by atoms with Crippen molar-refractivity contribution in [3.63, 3.8) is 0 Å². The van der Waals surface area contributed by atoms with Gasteiger partial charge in [-0.15, -0.1) is 10.0 Å². The van der Waals surface area contributed by atoms with Crippen LogP contribution in [-0.2, 0) is 4.74 Å². The molecule has 21 heavy (non-hydrogen) atoms. The Kier molecular flexibility index (Phi) is 5.07. The van der Waals surface area contributed by atoms with Gasteiger partial charge in [-0.2, -0.15) is 0 Å². The van der Waals surface area contributed by atoms with Crippen LogP contribution >= 0.6 is 11.6 Å². The second-order valence-electron chi connectivity index (χ2n) is 5.18. The van der Waals surface area contributed by atoms with Crippen LogP contribution in [0.1, 0.15) is 32.6 Å². The average Bonchev–Trinajstić information content (AvgIpc) is 2.45. The molecule has 0 bridgehead atoms. The Morgan fingerprint density at radius 2 is 2.33 bits per heavy atom. The van der Waals surface area contributed by atoms with Crippen molar-refractivity contribution in [2.24, 2.45) is 10.4 Å². The van der Waals surface area contributed by atoms with Crippen LogP contribution in [0.5, 0.6) is 0 Å². The monoisotopic (exact) mass is 310 g/mol. The summed E-state index contributed by atoms with van der Waals surface area (Å²) < 4.78 is 19.5. The van der Waals surface area contributed by atoms with E-state index in [4.69, 9.17) is 16.3 Å². The first-order chi connectivity index (χ1) is 10.0. The zero-order chi connectivity index (χ0) is 15.3. The molecular formula is C15H16ClFN2O2. The van der Waals surface area contributed by atoms with Crippen LogP contribution in [-0.4, -0.2) is 10.8 Å². The maximum Gasteiger partial charge on any atom is 0.160 e. The highest BCUT2D eigenvalue weighted by Gasteiger charge is 2.27. The number of nitrogens with zero attached hydrogens (tertiary/aromatic N) is 2. The van der Waals surface area contributed by atoms with Gasteiger partial charge >= 0.3 is 0 Å².